The first kappa shape index (κ1) is 112. The third kappa shape index (κ3) is 86.4. The van der Waals surface area contributed by atoms with E-state index in [1.807, 2.05) is 0 Å². The van der Waals surface area contributed by atoms with Crippen LogP contribution in [0.2, 0.25) is 0 Å². The fourth-order valence-electron chi connectivity index (χ4n) is 14.9. The van der Waals surface area contributed by atoms with E-state index in [-0.39, 0.29) is 25.7 Å². The van der Waals surface area contributed by atoms with Crippen LogP contribution in [0.3, 0.4) is 0 Å². The number of aliphatic hydroxyl groups excluding tert-OH is 1. The van der Waals surface area contributed by atoms with Crippen molar-refractivity contribution in [1.82, 2.24) is 0 Å². The van der Waals surface area contributed by atoms with Gasteiger partial charge < -0.3 is 33.8 Å². The molecular weight excluding hydrogens is 1470 g/mol. The summed E-state index contributed by atoms with van der Waals surface area (Å²) in [5, 5.41) is 10.7. The molecule has 0 saturated carbocycles. The topological polar surface area (TPSA) is 237 Å². The van der Waals surface area contributed by atoms with Crippen molar-refractivity contribution in [3.63, 3.8) is 0 Å². The number of esters is 4. The Labute approximate surface area is 702 Å². The van der Waals surface area contributed by atoms with Crippen LogP contribution in [0.1, 0.15) is 511 Å². The van der Waals surface area contributed by atoms with Gasteiger partial charge in [0.15, 0.2) is 12.2 Å². The molecule has 17 nitrogen and oxygen atoms in total. The van der Waals surface area contributed by atoms with Crippen molar-refractivity contribution in [2.45, 2.75) is 529 Å². The summed E-state index contributed by atoms with van der Waals surface area (Å²) in [6.45, 7) is 12.1. The summed E-state index contributed by atoms with van der Waals surface area (Å²) >= 11 is 0. The van der Waals surface area contributed by atoms with Gasteiger partial charge in [0.25, 0.3) is 0 Å². The molecule has 114 heavy (non-hydrogen) atoms. The molecule has 3 N–H and O–H groups in total. The van der Waals surface area contributed by atoms with Gasteiger partial charge >= 0.3 is 39.5 Å². The minimum absolute atomic E-state index is 0.108. The summed E-state index contributed by atoms with van der Waals surface area (Å²) in [6.07, 6.45) is 79.3. The molecule has 0 fully saturated rings. The number of ether oxygens (including phenoxy) is 4. The molecule has 0 aliphatic rings. The molecule has 0 aliphatic heterocycles. The van der Waals surface area contributed by atoms with E-state index in [0.29, 0.717) is 25.7 Å². The molecule has 0 aliphatic carbocycles. The molecule has 19 heteroatoms. The summed E-state index contributed by atoms with van der Waals surface area (Å²) in [5.41, 5.74) is 0. The van der Waals surface area contributed by atoms with E-state index in [1.165, 1.54) is 321 Å². The van der Waals surface area contributed by atoms with Crippen molar-refractivity contribution < 1.29 is 80.2 Å². The molecule has 0 amide bonds. The molecule has 0 aromatic rings. The zero-order valence-electron chi connectivity index (χ0n) is 75.6. The highest BCUT2D eigenvalue weighted by atomic mass is 31.2. The van der Waals surface area contributed by atoms with Crippen molar-refractivity contribution in [1.29, 1.82) is 0 Å². The number of aliphatic hydroxyl groups is 1. The van der Waals surface area contributed by atoms with E-state index < -0.39 is 97.5 Å². The molecule has 0 aromatic carbocycles. The first-order valence-electron chi connectivity index (χ1n) is 48.9. The minimum Gasteiger partial charge on any atom is -0.462 e. The Balaban J connectivity index is 5.24. The fourth-order valence-corrected chi connectivity index (χ4v) is 16.5. The lowest BCUT2D eigenvalue weighted by Gasteiger charge is -2.21. The Morgan fingerprint density at radius 2 is 0.447 bits per heavy atom. The number of phosphoric ester groups is 2. The highest BCUT2D eigenvalue weighted by Crippen LogP contribution is 2.45. The molecule has 0 rings (SSSR count). The predicted molar refractivity (Wildman–Crippen MR) is 474 cm³/mol. The van der Waals surface area contributed by atoms with Gasteiger partial charge in [0.05, 0.1) is 26.4 Å². The van der Waals surface area contributed by atoms with Crippen molar-refractivity contribution in [2.75, 3.05) is 39.6 Å². The Kier molecular flexibility index (Phi) is 83.2. The molecule has 3 unspecified atom stereocenters. The van der Waals surface area contributed by atoms with Gasteiger partial charge in [-0.15, -0.1) is 0 Å². The maximum atomic E-state index is 13.2. The van der Waals surface area contributed by atoms with Gasteiger partial charge in [-0.3, -0.25) is 37.3 Å². The molecule has 678 valence electrons. The summed E-state index contributed by atoms with van der Waals surface area (Å²) in [7, 11) is -9.94. The third-order valence-electron chi connectivity index (χ3n) is 22.7. The average Bonchev–Trinajstić information content (AvgIpc) is 0.901. The molecule has 0 bridgehead atoms. The maximum Gasteiger partial charge on any atom is 0.472 e. The number of rotatable bonds is 93. The number of hydrogen-bond acceptors (Lipinski definition) is 15. The van der Waals surface area contributed by atoms with E-state index in [1.54, 1.807) is 0 Å². The lowest BCUT2D eigenvalue weighted by molar-refractivity contribution is -0.161. The zero-order valence-corrected chi connectivity index (χ0v) is 77.4. The first-order valence-corrected chi connectivity index (χ1v) is 51.9. The molecule has 0 spiro atoms. The number of phosphoric acid groups is 2. The lowest BCUT2D eigenvalue weighted by atomic mass is 9.99. The summed E-state index contributed by atoms with van der Waals surface area (Å²) in [5.74, 6) is 0.315. The van der Waals surface area contributed by atoms with Crippen LogP contribution in [0.5, 0.6) is 0 Å². The summed E-state index contributed by atoms with van der Waals surface area (Å²) in [4.78, 5) is 73.6. The van der Waals surface area contributed by atoms with Gasteiger partial charge in [-0.05, 0) is 43.4 Å². The van der Waals surface area contributed by atoms with Gasteiger partial charge in [-0.25, -0.2) is 9.13 Å². The number of carbonyl (C=O) groups is 4. The van der Waals surface area contributed by atoms with E-state index in [4.69, 9.17) is 37.0 Å². The van der Waals surface area contributed by atoms with Gasteiger partial charge in [-0.1, -0.05) is 459 Å². The largest absolute Gasteiger partial charge is 0.472 e. The normalized spacial score (nSPS) is 14.0. The van der Waals surface area contributed by atoms with Crippen LogP contribution in [0.4, 0.5) is 0 Å². The Morgan fingerprint density at radius 3 is 0.667 bits per heavy atom. The number of unbranched alkanes of at least 4 members (excludes halogenated alkanes) is 60. The number of carbonyl (C=O) groups excluding carboxylic acids is 4. The van der Waals surface area contributed by atoms with Gasteiger partial charge in [-0.2, -0.15) is 0 Å². The molecular formula is C95H186O17P2. The quantitative estimate of drug-likeness (QED) is 0.0222. The average molecular weight is 1660 g/mol. The van der Waals surface area contributed by atoms with E-state index in [9.17, 15) is 43.2 Å². The summed E-state index contributed by atoms with van der Waals surface area (Å²) < 4.78 is 69.2. The van der Waals surface area contributed by atoms with Crippen LogP contribution in [-0.2, 0) is 65.4 Å². The summed E-state index contributed by atoms with van der Waals surface area (Å²) in [6, 6.07) is 0. The lowest BCUT2D eigenvalue weighted by Crippen LogP contribution is -2.30. The second kappa shape index (κ2) is 84.7. The van der Waals surface area contributed by atoms with E-state index >= 15 is 0 Å². The van der Waals surface area contributed by atoms with Crippen LogP contribution < -0.4 is 0 Å². The molecule has 6 atom stereocenters. The monoisotopic (exact) mass is 1660 g/mol. The molecule has 0 saturated heterocycles. The van der Waals surface area contributed by atoms with Gasteiger partial charge in [0, 0.05) is 25.7 Å². The predicted octanol–water partition coefficient (Wildman–Crippen LogP) is 29.6. The van der Waals surface area contributed by atoms with Crippen LogP contribution in [0, 0.1) is 17.8 Å². The zero-order chi connectivity index (χ0) is 83.6. The molecule has 0 radical (unpaired) electrons. The molecule has 0 aromatic heterocycles. The first-order chi connectivity index (χ1) is 55.3. The highest BCUT2D eigenvalue weighted by Gasteiger charge is 2.31. The van der Waals surface area contributed by atoms with Crippen LogP contribution in [0.15, 0.2) is 0 Å². The van der Waals surface area contributed by atoms with Crippen LogP contribution >= 0.6 is 15.6 Å². The van der Waals surface area contributed by atoms with Crippen LogP contribution in [-0.4, -0.2) is 96.7 Å². The van der Waals surface area contributed by atoms with Crippen molar-refractivity contribution >= 4 is 39.5 Å². The maximum absolute atomic E-state index is 13.2. The third-order valence-corrected chi connectivity index (χ3v) is 24.6. The van der Waals surface area contributed by atoms with Gasteiger partial charge in [0.2, 0.25) is 0 Å². The SMILES string of the molecule is CCCCCCCCCCCCCCCCCCCCCCCCC(=O)O[C@H](COC(=O)CCCCCCCCCCCCCCCCCCCCC(C)C)COP(=O)(O)OC[C@@H](O)COP(=O)(O)OC[C@@H](COC(=O)CCCCCCCCCCC(C)CC)OC(=O)CCCCCCCCCCCCCCCCCCC(C)C. The van der Waals surface area contributed by atoms with E-state index in [2.05, 4.69) is 48.5 Å². The van der Waals surface area contributed by atoms with Gasteiger partial charge in [0.1, 0.15) is 19.3 Å². The Bertz CT molecular complexity index is 2190. The van der Waals surface area contributed by atoms with E-state index in [0.717, 1.165) is 108 Å². The Hall–Kier alpha value is -1.94. The van der Waals surface area contributed by atoms with Crippen molar-refractivity contribution in [3.8, 4) is 0 Å². The fraction of sp³-hybridized carbons (Fsp3) is 0.958. The van der Waals surface area contributed by atoms with Crippen molar-refractivity contribution in [3.05, 3.63) is 0 Å². The second-order valence-corrected chi connectivity index (χ2v) is 38.2. The smallest absolute Gasteiger partial charge is 0.462 e. The number of hydrogen-bond donors (Lipinski definition) is 3. The Morgan fingerprint density at radius 1 is 0.254 bits per heavy atom. The molecule has 0 heterocycles. The van der Waals surface area contributed by atoms with Crippen molar-refractivity contribution in [2.24, 2.45) is 17.8 Å². The highest BCUT2D eigenvalue weighted by molar-refractivity contribution is 7.47. The van der Waals surface area contributed by atoms with Crippen LogP contribution in [0.25, 0.3) is 0 Å². The standard InChI is InChI=1S/C95H186O17P2/c1-8-10-11-12-13-14-15-16-17-18-19-20-21-22-27-33-38-43-48-57-64-71-78-94(99)111-90(82-105-92(97)76-69-62-55-47-42-37-32-26-24-23-25-30-35-40-45-52-59-66-73-86(3)4)84-109-113(101,102)107-80-89(96)81-108-114(103,104)110-85-91(83-106-93(98)77-70-63-56-51-50-54-61-68-75-88(7)9-2)112-95(100)79-72-65-58-49-44-39-34-29-28-31-36-41-46-53-60-67-74-87(5)6/h86-91,96H,8-85H2,1-7H3,(H,101,102)(H,103,104)/t88?,89-,90-,91-/m1/s1. The second-order valence-electron chi connectivity index (χ2n) is 35.3. The minimum atomic E-state index is -4.97.